The summed E-state index contributed by atoms with van der Waals surface area (Å²) in [4.78, 5) is 18.2. The summed E-state index contributed by atoms with van der Waals surface area (Å²) in [6.07, 6.45) is 8.35. The van der Waals surface area contributed by atoms with Crippen LogP contribution in [-0.4, -0.2) is 73.9 Å². The quantitative estimate of drug-likeness (QED) is 0.760. The second kappa shape index (κ2) is 9.63. The molecule has 3 fully saturated rings. The summed E-state index contributed by atoms with van der Waals surface area (Å²) < 4.78 is 11.2. The first-order valence-electron chi connectivity index (χ1n) is 11.5. The van der Waals surface area contributed by atoms with Crippen LogP contribution >= 0.6 is 0 Å². The number of hydrogen-bond acceptors (Lipinski definition) is 4. The number of likely N-dealkylation sites (tertiary alicyclic amines) is 1. The maximum Gasteiger partial charge on any atom is 0.243 e. The fourth-order valence-electron chi connectivity index (χ4n) is 5.28. The molecule has 3 aliphatic rings. The molecule has 1 aromatic rings. The molecule has 3 heterocycles. The highest BCUT2D eigenvalue weighted by Gasteiger charge is 2.47. The first-order valence-corrected chi connectivity index (χ1v) is 11.5. The van der Waals surface area contributed by atoms with Crippen molar-refractivity contribution in [2.75, 3.05) is 52.6 Å². The summed E-state index contributed by atoms with van der Waals surface area (Å²) in [7, 11) is 0. The van der Waals surface area contributed by atoms with Crippen molar-refractivity contribution in [1.82, 2.24) is 9.80 Å². The van der Waals surface area contributed by atoms with E-state index in [1.807, 2.05) is 0 Å². The monoisotopic (exact) mass is 412 g/mol. The van der Waals surface area contributed by atoms with Gasteiger partial charge in [0.15, 0.2) is 0 Å². The minimum Gasteiger partial charge on any atom is -0.381 e. The predicted octanol–water partition coefficient (Wildman–Crippen LogP) is 3.44. The number of piperidine rings is 1. The van der Waals surface area contributed by atoms with Gasteiger partial charge in [-0.2, -0.15) is 0 Å². The predicted molar refractivity (Wildman–Crippen MR) is 119 cm³/mol. The van der Waals surface area contributed by atoms with E-state index in [2.05, 4.69) is 54.0 Å². The molecule has 5 heteroatoms. The molecule has 164 valence electrons. The summed E-state index contributed by atoms with van der Waals surface area (Å²) in [5.74, 6) is 0.868. The summed E-state index contributed by atoms with van der Waals surface area (Å²) in [5, 5.41) is 0. The number of nitrogens with zero attached hydrogens (tertiary/aromatic N) is 2. The molecule has 0 bridgehead atoms. The van der Waals surface area contributed by atoms with Gasteiger partial charge >= 0.3 is 0 Å². The SMILES string of the molecule is Cc1cccc(C)c1C=CC1CCN(C(=O)C2(N3CCOCC3)CCOCC2)CC1. The lowest BCUT2D eigenvalue weighted by Crippen LogP contribution is -2.64. The molecule has 0 aromatic heterocycles. The standard InChI is InChI=1S/C25H36N2O3/c1-20-4-3-5-21(2)23(20)7-6-22-8-12-26(13-9-22)24(28)25(10-16-29-17-11-25)27-14-18-30-19-15-27/h3-7,22H,8-19H2,1-2H3. The molecule has 0 atom stereocenters. The van der Waals surface area contributed by atoms with Crippen molar-refractivity contribution in [3.8, 4) is 0 Å². The molecule has 4 rings (SSSR count). The molecule has 1 amide bonds. The number of morpholine rings is 1. The maximum absolute atomic E-state index is 13.7. The van der Waals surface area contributed by atoms with Gasteiger partial charge in [-0.25, -0.2) is 0 Å². The molecule has 3 saturated heterocycles. The van der Waals surface area contributed by atoms with Crippen LogP contribution in [0.1, 0.15) is 42.4 Å². The van der Waals surface area contributed by atoms with Gasteiger partial charge < -0.3 is 14.4 Å². The van der Waals surface area contributed by atoms with Gasteiger partial charge in [0.05, 0.1) is 13.2 Å². The summed E-state index contributed by atoms with van der Waals surface area (Å²) >= 11 is 0. The minimum atomic E-state index is -0.386. The van der Waals surface area contributed by atoms with Crippen LogP contribution < -0.4 is 0 Å². The van der Waals surface area contributed by atoms with Crippen LogP contribution in [0.2, 0.25) is 0 Å². The largest absolute Gasteiger partial charge is 0.381 e. The number of amides is 1. The molecule has 1 aromatic carbocycles. The van der Waals surface area contributed by atoms with Crippen molar-refractivity contribution in [2.45, 2.75) is 45.1 Å². The van der Waals surface area contributed by atoms with E-state index in [-0.39, 0.29) is 5.54 Å². The highest BCUT2D eigenvalue weighted by molar-refractivity contribution is 5.86. The van der Waals surface area contributed by atoms with E-state index in [0.29, 0.717) is 25.0 Å². The van der Waals surface area contributed by atoms with Gasteiger partial charge in [-0.3, -0.25) is 9.69 Å². The zero-order valence-electron chi connectivity index (χ0n) is 18.6. The number of rotatable bonds is 4. The Balaban J connectivity index is 1.40. The van der Waals surface area contributed by atoms with Crippen LogP contribution in [0.5, 0.6) is 0 Å². The second-order valence-electron chi connectivity index (χ2n) is 9.04. The summed E-state index contributed by atoms with van der Waals surface area (Å²) in [5.41, 5.74) is 3.60. The average Bonchev–Trinajstić information content (AvgIpc) is 2.80. The van der Waals surface area contributed by atoms with E-state index in [1.165, 1.54) is 16.7 Å². The molecule has 0 radical (unpaired) electrons. The number of carbonyl (C=O) groups excluding carboxylic acids is 1. The number of carbonyl (C=O) groups is 1. The minimum absolute atomic E-state index is 0.324. The average molecular weight is 413 g/mol. The molecule has 0 unspecified atom stereocenters. The lowest BCUT2D eigenvalue weighted by Gasteiger charge is -2.49. The zero-order valence-corrected chi connectivity index (χ0v) is 18.6. The highest BCUT2D eigenvalue weighted by Crippen LogP contribution is 2.33. The lowest BCUT2D eigenvalue weighted by molar-refractivity contribution is -0.157. The van der Waals surface area contributed by atoms with Crippen molar-refractivity contribution in [3.63, 3.8) is 0 Å². The number of allylic oxidation sites excluding steroid dienone is 1. The van der Waals surface area contributed by atoms with E-state index < -0.39 is 0 Å². The Hall–Kier alpha value is -1.69. The molecule has 3 aliphatic heterocycles. The second-order valence-corrected chi connectivity index (χ2v) is 9.04. The van der Waals surface area contributed by atoms with Crippen molar-refractivity contribution >= 4 is 12.0 Å². The fraction of sp³-hybridized carbons (Fsp3) is 0.640. The van der Waals surface area contributed by atoms with Gasteiger partial charge in [0.25, 0.3) is 0 Å². The Bertz CT molecular complexity index is 735. The molecule has 0 N–H and O–H groups in total. The molecular weight excluding hydrogens is 376 g/mol. The van der Waals surface area contributed by atoms with Crippen LogP contribution in [-0.2, 0) is 14.3 Å². The van der Waals surface area contributed by atoms with Crippen LogP contribution in [0.25, 0.3) is 6.08 Å². The Morgan fingerprint density at radius 3 is 2.20 bits per heavy atom. The normalized spacial score (nSPS) is 23.7. The molecule has 5 nitrogen and oxygen atoms in total. The van der Waals surface area contributed by atoms with Gasteiger partial charge in [-0.05, 0) is 62.1 Å². The van der Waals surface area contributed by atoms with Gasteiger partial charge in [0.1, 0.15) is 5.54 Å². The van der Waals surface area contributed by atoms with Gasteiger partial charge in [-0.15, -0.1) is 0 Å². The number of aryl methyl sites for hydroxylation is 2. The third-order valence-electron chi connectivity index (χ3n) is 7.24. The number of ether oxygens (including phenoxy) is 2. The van der Waals surface area contributed by atoms with Crippen LogP contribution in [0.3, 0.4) is 0 Å². The van der Waals surface area contributed by atoms with E-state index in [9.17, 15) is 4.79 Å². The van der Waals surface area contributed by atoms with Crippen molar-refractivity contribution in [2.24, 2.45) is 5.92 Å². The fourth-order valence-corrected chi connectivity index (χ4v) is 5.28. The van der Waals surface area contributed by atoms with Crippen LogP contribution in [0.4, 0.5) is 0 Å². The van der Waals surface area contributed by atoms with Crippen LogP contribution in [0, 0.1) is 19.8 Å². The number of benzene rings is 1. The van der Waals surface area contributed by atoms with E-state index >= 15 is 0 Å². The number of hydrogen-bond donors (Lipinski definition) is 0. The first-order chi connectivity index (χ1) is 14.6. The van der Waals surface area contributed by atoms with Crippen molar-refractivity contribution in [1.29, 1.82) is 0 Å². The highest BCUT2D eigenvalue weighted by atomic mass is 16.5. The van der Waals surface area contributed by atoms with Gasteiger partial charge in [-0.1, -0.05) is 30.4 Å². The Morgan fingerprint density at radius 1 is 0.967 bits per heavy atom. The third kappa shape index (κ3) is 4.48. The molecule has 0 aliphatic carbocycles. The van der Waals surface area contributed by atoms with E-state index in [1.54, 1.807) is 0 Å². The molecule has 0 saturated carbocycles. The maximum atomic E-state index is 13.7. The third-order valence-corrected chi connectivity index (χ3v) is 7.24. The Labute approximate surface area is 181 Å². The first kappa shape index (κ1) is 21.5. The Morgan fingerprint density at radius 2 is 1.57 bits per heavy atom. The Kier molecular flexibility index (Phi) is 6.91. The zero-order chi connectivity index (χ0) is 21.0. The van der Waals surface area contributed by atoms with Gasteiger partial charge in [0.2, 0.25) is 5.91 Å². The van der Waals surface area contributed by atoms with E-state index in [0.717, 1.165) is 65.1 Å². The van der Waals surface area contributed by atoms with Crippen LogP contribution in [0.15, 0.2) is 24.3 Å². The van der Waals surface area contributed by atoms with E-state index in [4.69, 9.17) is 9.47 Å². The van der Waals surface area contributed by atoms with Crippen molar-refractivity contribution < 1.29 is 14.3 Å². The van der Waals surface area contributed by atoms with Gasteiger partial charge in [0, 0.05) is 39.4 Å². The lowest BCUT2D eigenvalue weighted by atomic mass is 9.84. The molecule has 30 heavy (non-hydrogen) atoms. The summed E-state index contributed by atoms with van der Waals surface area (Å²) in [6.45, 7) is 10.6. The van der Waals surface area contributed by atoms with Crippen molar-refractivity contribution in [3.05, 3.63) is 41.0 Å². The smallest absolute Gasteiger partial charge is 0.243 e. The topological polar surface area (TPSA) is 42.0 Å². The molecule has 0 spiro atoms. The molecular formula is C25H36N2O3. The summed E-state index contributed by atoms with van der Waals surface area (Å²) in [6, 6.07) is 6.46.